The van der Waals surface area contributed by atoms with Crippen LogP contribution in [0.4, 0.5) is 0 Å². The summed E-state index contributed by atoms with van der Waals surface area (Å²) in [6.45, 7) is 13.5. The van der Waals surface area contributed by atoms with Gasteiger partial charge in [0.2, 0.25) is 0 Å². The van der Waals surface area contributed by atoms with Gasteiger partial charge in [0.1, 0.15) is 0 Å². The molecule has 0 saturated heterocycles. The smallest absolute Gasteiger partial charge is 0.283 e. The Morgan fingerprint density at radius 3 is 1.00 bits per heavy atom. The quantitative estimate of drug-likeness (QED) is 0.0957. The van der Waals surface area contributed by atoms with Crippen molar-refractivity contribution < 1.29 is 14.2 Å². The van der Waals surface area contributed by atoms with Gasteiger partial charge in [0.15, 0.2) is 0 Å². The summed E-state index contributed by atoms with van der Waals surface area (Å²) in [5.41, 5.74) is 0. The summed E-state index contributed by atoms with van der Waals surface area (Å²) in [7, 11) is 0. The lowest BCUT2D eigenvalue weighted by molar-refractivity contribution is -0.387. The van der Waals surface area contributed by atoms with Gasteiger partial charge in [-0.15, -0.1) is 0 Å². The molecular weight excluding hydrogens is 396 g/mol. The molecule has 32 heavy (non-hydrogen) atoms. The number of hydrogen-bond acceptors (Lipinski definition) is 3. The maximum atomic E-state index is 6.39. The van der Waals surface area contributed by atoms with Gasteiger partial charge in [-0.25, -0.2) is 0 Å². The van der Waals surface area contributed by atoms with E-state index in [9.17, 15) is 0 Å². The van der Waals surface area contributed by atoms with E-state index in [2.05, 4.69) is 34.6 Å². The summed E-state index contributed by atoms with van der Waals surface area (Å²) in [4.78, 5) is 0. The summed E-state index contributed by atoms with van der Waals surface area (Å²) >= 11 is 0. The van der Waals surface area contributed by atoms with Crippen LogP contribution in [0.5, 0.6) is 0 Å². The van der Waals surface area contributed by atoms with Crippen LogP contribution in [0.15, 0.2) is 0 Å². The van der Waals surface area contributed by atoms with Crippen LogP contribution in [-0.4, -0.2) is 25.8 Å². The lowest BCUT2D eigenvalue weighted by Crippen LogP contribution is -2.41. The lowest BCUT2D eigenvalue weighted by atomic mass is 10.1. The van der Waals surface area contributed by atoms with Crippen LogP contribution in [0.1, 0.15) is 157 Å². The Balaban J connectivity index is 4.55. The summed E-state index contributed by atoms with van der Waals surface area (Å²) in [6, 6.07) is 0. The second-order valence-corrected chi connectivity index (χ2v) is 10.1. The highest BCUT2D eigenvalue weighted by molar-refractivity contribution is 4.63. The molecule has 0 aliphatic rings. The average molecular weight is 457 g/mol. The Morgan fingerprint density at radius 2 is 0.719 bits per heavy atom. The number of ether oxygens (including phenoxy) is 3. The molecule has 0 N–H and O–H groups in total. The fraction of sp³-hybridized carbons (Fsp3) is 1.00. The van der Waals surface area contributed by atoms with Gasteiger partial charge in [0.25, 0.3) is 5.97 Å². The van der Waals surface area contributed by atoms with Crippen molar-refractivity contribution >= 4 is 0 Å². The van der Waals surface area contributed by atoms with Crippen LogP contribution >= 0.6 is 0 Å². The minimum absolute atomic E-state index is 0.480. The molecule has 0 aliphatic heterocycles. The summed E-state index contributed by atoms with van der Waals surface area (Å²) in [5, 5.41) is 0. The molecule has 3 nitrogen and oxygen atoms in total. The molecule has 0 atom stereocenters. The highest BCUT2D eigenvalue weighted by Gasteiger charge is 2.34. The van der Waals surface area contributed by atoms with Crippen molar-refractivity contribution in [3.63, 3.8) is 0 Å². The number of unbranched alkanes of at least 4 members (excludes halogenated alkanes) is 15. The molecule has 3 heteroatoms. The van der Waals surface area contributed by atoms with Crippen molar-refractivity contribution in [3.8, 4) is 0 Å². The molecule has 0 saturated carbocycles. The van der Waals surface area contributed by atoms with E-state index in [1.165, 1.54) is 96.3 Å². The first kappa shape index (κ1) is 31.9. The van der Waals surface area contributed by atoms with E-state index in [1.54, 1.807) is 0 Å². The van der Waals surface area contributed by atoms with E-state index in [0.717, 1.165) is 45.5 Å². The predicted molar refractivity (Wildman–Crippen MR) is 140 cm³/mol. The Bertz CT molecular complexity index is 311. The maximum absolute atomic E-state index is 6.39. The molecule has 0 aromatic heterocycles. The normalized spacial score (nSPS) is 12.2. The second kappa shape index (κ2) is 24.0. The maximum Gasteiger partial charge on any atom is 0.283 e. The van der Waals surface area contributed by atoms with Gasteiger partial charge in [-0.3, -0.25) is 0 Å². The first-order valence-electron chi connectivity index (χ1n) is 14.5. The molecule has 0 heterocycles. The van der Waals surface area contributed by atoms with Gasteiger partial charge in [0, 0.05) is 6.42 Å². The molecule has 0 fully saturated rings. The number of hydrogen-bond donors (Lipinski definition) is 0. The van der Waals surface area contributed by atoms with Crippen LogP contribution in [0.2, 0.25) is 0 Å². The molecule has 194 valence electrons. The summed E-state index contributed by atoms with van der Waals surface area (Å²) < 4.78 is 19.2. The molecule has 0 rings (SSSR count). The molecule has 0 bridgehead atoms. The second-order valence-electron chi connectivity index (χ2n) is 10.1. The van der Waals surface area contributed by atoms with Gasteiger partial charge in [-0.1, -0.05) is 131 Å². The summed E-state index contributed by atoms with van der Waals surface area (Å²) in [5.74, 6) is -0.363. The SMILES string of the molecule is CCCCCCCCOC(CC(C)C)(OCCCCCCCC)OCCCCCCCC. The van der Waals surface area contributed by atoms with Gasteiger partial charge >= 0.3 is 0 Å². The van der Waals surface area contributed by atoms with Gasteiger partial charge in [-0.2, -0.15) is 0 Å². The van der Waals surface area contributed by atoms with Gasteiger partial charge < -0.3 is 14.2 Å². The Kier molecular flexibility index (Phi) is 23.9. The third-order valence-corrected chi connectivity index (χ3v) is 6.12. The minimum atomic E-state index is -0.843. The lowest BCUT2D eigenvalue weighted by Gasteiger charge is -2.35. The van der Waals surface area contributed by atoms with Gasteiger partial charge in [-0.05, 0) is 25.2 Å². The third kappa shape index (κ3) is 20.5. The van der Waals surface area contributed by atoms with Crippen LogP contribution in [-0.2, 0) is 14.2 Å². The molecule has 0 amide bonds. The highest BCUT2D eigenvalue weighted by Crippen LogP contribution is 2.27. The van der Waals surface area contributed by atoms with Crippen LogP contribution in [0.3, 0.4) is 0 Å². The van der Waals surface area contributed by atoms with Crippen molar-refractivity contribution in [2.24, 2.45) is 5.92 Å². The highest BCUT2D eigenvalue weighted by atomic mass is 16.9. The van der Waals surface area contributed by atoms with E-state index < -0.39 is 5.97 Å². The Hall–Kier alpha value is -0.120. The van der Waals surface area contributed by atoms with E-state index in [4.69, 9.17) is 14.2 Å². The molecule has 0 spiro atoms. The number of rotatable bonds is 26. The largest absolute Gasteiger partial charge is 0.327 e. The fourth-order valence-corrected chi connectivity index (χ4v) is 4.13. The topological polar surface area (TPSA) is 27.7 Å². The van der Waals surface area contributed by atoms with E-state index in [-0.39, 0.29) is 0 Å². The first-order valence-corrected chi connectivity index (χ1v) is 14.5. The molecule has 0 unspecified atom stereocenters. The monoisotopic (exact) mass is 456 g/mol. The van der Waals surface area contributed by atoms with Crippen molar-refractivity contribution in [2.75, 3.05) is 19.8 Å². The molecule has 0 radical (unpaired) electrons. The molecule has 0 aromatic rings. The van der Waals surface area contributed by atoms with Crippen molar-refractivity contribution in [3.05, 3.63) is 0 Å². The van der Waals surface area contributed by atoms with Crippen LogP contribution in [0, 0.1) is 5.92 Å². The van der Waals surface area contributed by atoms with E-state index >= 15 is 0 Å². The van der Waals surface area contributed by atoms with Crippen molar-refractivity contribution in [1.82, 2.24) is 0 Å². The molecule has 0 aromatic carbocycles. The Labute approximate surface area is 202 Å². The first-order chi connectivity index (χ1) is 15.6. The zero-order chi connectivity index (χ0) is 23.8. The standard InChI is InChI=1S/C29H60O3/c1-6-9-12-15-18-21-24-30-29(27-28(4)5,31-25-22-19-16-13-10-7-2)32-26-23-20-17-14-11-8-3/h28H,6-27H2,1-5H3. The van der Waals surface area contributed by atoms with E-state index in [1.807, 2.05) is 0 Å². The average Bonchev–Trinajstić information content (AvgIpc) is 2.77. The molecular formula is C29H60O3. The van der Waals surface area contributed by atoms with Crippen molar-refractivity contribution in [1.29, 1.82) is 0 Å². The van der Waals surface area contributed by atoms with Crippen LogP contribution < -0.4 is 0 Å². The zero-order valence-corrected chi connectivity index (χ0v) is 22.9. The zero-order valence-electron chi connectivity index (χ0n) is 22.9. The molecule has 0 aliphatic carbocycles. The predicted octanol–water partition coefficient (Wildman–Crippen LogP) is 9.82. The van der Waals surface area contributed by atoms with Crippen LogP contribution in [0.25, 0.3) is 0 Å². The van der Waals surface area contributed by atoms with Gasteiger partial charge in [0.05, 0.1) is 19.8 Å². The Morgan fingerprint density at radius 1 is 0.438 bits per heavy atom. The fourth-order valence-electron chi connectivity index (χ4n) is 4.13. The third-order valence-electron chi connectivity index (χ3n) is 6.12. The van der Waals surface area contributed by atoms with E-state index in [0.29, 0.717) is 5.92 Å². The van der Waals surface area contributed by atoms with Crippen molar-refractivity contribution in [2.45, 2.75) is 163 Å². The summed E-state index contributed by atoms with van der Waals surface area (Å²) in [6.07, 6.45) is 23.8. The minimum Gasteiger partial charge on any atom is -0.327 e.